The second kappa shape index (κ2) is 11.3. The number of methoxy groups -OCH3 is 1. The average molecular weight is 528 g/mol. The zero-order valence-corrected chi connectivity index (χ0v) is 21.8. The van der Waals surface area contributed by atoms with Crippen molar-refractivity contribution in [2.24, 2.45) is 7.05 Å². The Morgan fingerprint density at radius 2 is 1.63 bits per heavy atom. The lowest BCUT2D eigenvalue weighted by Gasteiger charge is -2.23. The predicted octanol–water partition coefficient (Wildman–Crippen LogP) is 6.98. The van der Waals surface area contributed by atoms with Gasteiger partial charge in [-0.3, -0.25) is 4.79 Å². The van der Waals surface area contributed by atoms with Gasteiger partial charge in [0.15, 0.2) is 0 Å². The molecule has 0 spiro atoms. The van der Waals surface area contributed by atoms with Crippen molar-refractivity contribution in [2.45, 2.75) is 13.1 Å². The number of carbonyl (C=O) groups excluding carboxylic acids is 1. The van der Waals surface area contributed by atoms with E-state index in [1.165, 1.54) is 0 Å². The molecule has 8 heteroatoms. The monoisotopic (exact) mass is 527 g/mol. The molecule has 7 nitrogen and oxygen atoms in total. The first-order valence-corrected chi connectivity index (χ1v) is 12.4. The summed E-state index contributed by atoms with van der Waals surface area (Å²) in [7, 11) is 3.44. The molecule has 0 bridgehead atoms. The van der Waals surface area contributed by atoms with Crippen molar-refractivity contribution in [3.8, 4) is 28.6 Å². The predicted molar refractivity (Wildman–Crippen MR) is 145 cm³/mol. The Kier molecular flexibility index (Phi) is 7.47. The van der Waals surface area contributed by atoms with Crippen molar-refractivity contribution >= 4 is 17.5 Å². The number of hydrogen-bond donors (Lipinski definition) is 0. The number of halogens is 1. The number of aromatic nitrogens is 2. The summed E-state index contributed by atoms with van der Waals surface area (Å²) in [6.07, 6.45) is 1.59. The normalized spacial score (nSPS) is 10.8. The molecule has 0 saturated carbocycles. The molecule has 2 aromatic heterocycles. The molecule has 3 aromatic carbocycles. The Morgan fingerprint density at radius 3 is 2.32 bits per heavy atom. The molecule has 2 heterocycles. The number of amides is 1. The van der Waals surface area contributed by atoms with Gasteiger partial charge in [0.1, 0.15) is 23.0 Å². The third-order valence-electron chi connectivity index (χ3n) is 6.08. The zero-order valence-electron chi connectivity index (χ0n) is 21.0. The van der Waals surface area contributed by atoms with E-state index in [0.717, 1.165) is 16.9 Å². The Bertz CT molecular complexity index is 1510. The number of ether oxygens (including phenoxy) is 2. The van der Waals surface area contributed by atoms with Gasteiger partial charge in [0.2, 0.25) is 5.88 Å². The summed E-state index contributed by atoms with van der Waals surface area (Å²) in [6, 6.07) is 27.8. The molecule has 0 atom stereocenters. The second-order valence-electron chi connectivity index (χ2n) is 8.62. The van der Waals surface area contributed by atoms with Gasteiger partial charge in [-0.2, -0.15) is 5.10 Å². The third-order valence-corrected chi connectivity index (χ3v) is 6.41. The summed E-state index contributed by atoms with van der Waals surface area (Å²) in [5, 5.41) is 5.17. The van der Waals surface area contributed by atoms with Crippen LogP contribution in [-0.4, -0.2) is 27.7 Å². The van der Waals surface area contributed by atoms with Gasteiger partial charge < -0.3 is 18.8 Å². The van der Waals surface area contributed by atoms with E-state index in [2.05, 4.69) is 0 Å². The number of carbonyl (C=O) groups is 1. The third kappa shape index (κ3) is 5.43. The van der Waals surface area contributed by atoms with E-state index in [-0.39, 0.29) is 19.0 Å². The van der Waals surface area contributed by atoms with Crippen LogP contribution in [0.3, 0.4) is 0 Å². The number of hydrogen-bond acceptors (Lipinski definition) is 5. The molecule has 38 heavy (non-hydrogen) atoms. The number of furan rings is 1. The molecule has 0 saturated heterocycles. The van der Waals surface area contributed by atoms with Crippen LogP contribution in [0.15, 0.2) is 102 Å². The van der Waals surface area contributed by atoms with Crippen LogP contribution in [0, 0.1) is 0 Å². The van der Waals surface area contributed by atoms with Crippen molar-refractivity contribution in [1.82, 2.24) is 14.7 Å². The van der Waals surface area contributed by atoms with Crippen LogP contribution in [0.2, 0.25) is 5.02 Å². The van der Waals surface area contributed by atoms with Gasteiger partial charge in [-0.15, -0.1) is 0 Å². The van der Waals surface area contributed by atoms with Crippen molar-refractivity contribution in [3.63, 3.8) is 0 Å². The van der Waals surface area contributed by atoms with Gasteiger partial charge in [0, 0.05) is 12.6 Å². The summed E-state index contributed by atoms with van der Waals surface area (Å²) < 4.78 is 18.9. The van der Waals surface area contributed by atoms with Crippen LogP contribution in [-0.2, 0) is 20.1 Å². The molecule has 0 aliphatic heterocycles. The van der Waals surface area contributed by atoms with Crippen molar-refractivity contribution in [2.75, 3.05) is 7.11 Å². The maximum Gasteiger partial charge on any atom is 0.256 e. The quantitative estimate of drug-likeness (QED) is 0.207. The highest BCUT2D eigenvalue weighted by Gasteiger charge is 2.26. The smallest absolute Gasteiger partial charge is 0.256 e. The van der Waals surface area contributed by atoms with Crippen LogP contribution in [0.5, 0.6) is 17.4 Å². The number of benzene rings is 3. The summed E-state index contributed by atoms with van der Waals surface area (Å²) >= 11 is 6.42. The molecule has 0 radical (unpaired) electrons. The van der Waals surface area contributed by atoms with E-state index >= 15 is 0 Å². The molecular weight excluding hydrogens is 502 g/mol. The van der Waals surface area contributed by atoms with E-state index in [9.17, 15) is 4.79 Å². The minimum atomic E-state index is -0.231. The van der Waals surface area contributed by atoms with E-state index in [0.29, 0.717) is 33.7 Å². The topological polar surface area (TPSA) is 69.7 Å². The Labute approximate surface area is 225 Å². The molecule has 1 amide bonds. The summed E-state index contributed by atoms with van der Waals surface area (Å²) in [4.78, 5) is 15.5. The van der Waals surface area contributed by atoms with Crippen molar-refractivity contribution in [1.29, 1.82) is 0 Å². The van der Waals surface area contributed by atoms with Crippen LogP contribution in [0.25, 0.3) is 11.3 Å². The lowest BCUT2D eigenvalue weighted by Crippen LogP contribution is -2.30. The highest BCUT2D eigenvalue weighted by molar-refractivity contribution is 6.33. The molecule has 0 aliphatic rings. The molecular formula is C30H26ClN3O4. The Hall–Kier alpha value is -4.49. The van der Waals surface area contributed by atoms with Crippen LogP contribution < -0.4 is 9.47 Å². The van der Waals surface area contributed by atoms with Gasteiger partial charge in [-0.05, 0) is 48.5 Å². The first kappa shape index (κ1) is 25.2. The van der Waals surface area contributed by atoms with Gasteiger partial charge in [-0.25, -0.2) is 4.68 Å². The fraction of sp³-hybridized carbons (Fsp3) is 0.133. The molecule has 0 N–H and O–H groups in total. The minimum absolute atomic E-state index is 0.203. The zero-order chi connectivity index (χ0) is 26.5. The molecule has 0 fully saturated rings. The molecule has 192 valence electrons. The lowest BCUT2D eigenvalue weighted by molar-refractivity contribution is 0.0717. The lowest BCUT2D eigenvalue weighted by atomic mass is 10.1. The molecule has 0 aliphatic carbocycles. The van der Waals surface area contributed by atoms with E-state index in [1.807, 2.05) is 67.7 Å². The van der Waals surface area contributed by atoms with Gasteiger partial charge >= 0.3 is 0 Å². The van der Waals surface area contributed by atoms with Crippen LogP contribution >= 0.6 is 11.6 Å². The SMILES string of the molecule is COc1ccc(Oc2c(CN(Cc3ccco3)C(=O)c3ccccc3Cl)c(-c3ccccc3)nn2C)cc1. The highest BCUT2D eigenvalue weighted by Crippen LogP contribution is 2.35. The number of aryl methyl sites for hydroxylation is 1. The Morgan fingerprint density at radius 1 is 0.921 bits per heavy atom. The minimum Gasteiger partial charge on any atom is -0.497 e. The maximum atomic E-state index is 13.8. The van der Waals surface area contributed by atoms with Crippen LogP contribution in [0.1, 0.15) is 21.7 Å². The average Bonchev–Trinajstić information content (AvgIpc) is 3.57. The number of rotatable bonds is 9. The first-order valence-electron chi connectivity index (χ1n) is 12.0. The first-order chi connectivity index (χ1) is 18.5. The van der Waals surface area contributed by atoms with Crippen molar-refractivity contribution < 1.29 is 18.7 Å². The fourth-order valence-corrected chi connectivity index (χ4v) is 4.41. The van der Waals surface area contributed by atoms with Gasteiger partial charge in [0.25, 0.3) is 5.91 Å². The highest BCUT2D eigenvalue weighted by atomic mass is 35.5. The standard InChI is InChI=1S/C30H26ClN3O4/c1-33-30(38-23-16-14-22(36-2)15-17-23)26(28(32-33)21-9-4-3-5-10-21)20-34(19-24-11-8-18-37-24)29(35)25-12-6-7-13-27(25)31/h3-18H,19-20H2,1-2H3. The van der Waals surface area contributed by atoms with E-state index in [1.54, 1.807) is 53.3 Å². The maximum absolute atomic E-state index is 13.8. The largest absolute Gasteiger partial charge is 0.497 e. The van der Waals surface area contributed by atoms with Crippen molar-refractivity contribution in [3.05, 3.63) is 119 Å². The molecule has 5 rings (SSSR count). The van der Waals surface area contributed by atoms with Gasteiger partial charge in [0.05, 0.1) is 42.6 Å². The van der Waals surface area contributed by atoms with Gasteiger partial charge in [-0.1, -0.05) is 54.1 Å². The molecule has 5 aromatic rings. The summed E-state index contributed by atoms with van der Waals surface area (Å²) in [5.41, 5.74) is 2.78. The Balaban J connectivity index is 1.58. The van der Waals surface area contributed by atoms with E-state index in [4.69, 9.17) is 30.6 Å². The van der Waals surface area contributed by atoms with E-state index < -0.39 is 0 Å². The number of nitrogens with zero attached hydrogens (tertiary/aromatic N) is 3. The summed E-state index contributed by atoms with van der Waals surface area (Å²) in [5.74, 6) is 2.27. The fourth-order valence-electron chi connectivity index (χ4n) is 4.19. The van der Waals surface area contributed by atoms with Crippen LogP contribution in [0.4, 0.5) is 0 Å². The second-order valence-corrected chi connectivity index (χ2v) is 9.03. The molecule has 0 unspecified atom stereocenters. The summed E-state index contributed by atoms with van der Waals surface area (Å²) in [6.45, 7) is 0.441.